The molecule has 4 rings (SSSR count). The number of imidazole rings is 1. The van der Waals surface area contributed by atoms with Crippen LogP contribution in [0.4, 0.5) is 0 Å². The van der Waals surface area contributed by atoms with Crippen LogP contribution in [0.2, 0.25) is 0 Å². The quantitative estimate of drug-likeness (QED) is 0.586. The number of nitrogens with zero attached hydrogens (tertiary/aromatic N) is 2. The summed E-state index contributed by atoms with van der Waals surface area (Å²) in [6.07, 6.45) is 0.699. The first-order chi connectivity index (χ1) is 12.7. The van der Waals surface area contributed by atoms with Gasteiger partial charge in [0, 0.05) is 13.0 Å². The molecule has 0 saturated heterocycles. The van der Waals surface area contributed by atoms with Crippen molar-refractivity contribution in [3.8, 4) is 0 Å². The van der Waals surface area contributed by atoms with Crippen molar-refractivity contribution in [1.82, 2.24) is 9.55 Å². The lowest BCUT2D eigenvalue weighted by Gasteiger charge is -2.10. The molecule has 0 aliphatic carbocycles. The monoisotopic (exact) mass is 342 g/mol. The van der Waals surface area contributed by atoms with Crippen molar-refractivity contribution < 1.29 is 9.90 Å². The number of aromatic carboxylic acids is 1. The van der Waals surface area contributed by atoms with Gasteiger partial charge >= 0.3 is 5.97 Å². The van der Waals surface area contributed by atoms with Gasteiger partial charge in [0.15, 0.2) is 0 Å². The predicted octanol–water partition coefficient (Wildman–Crippen LogP) is 4.37. The Hall–Kier alpha value is -3.40. The molecule has 4 aromatic rings. The van der Waals surface area contributed by atoms with Gasteiger partial charge in [0.2, 0.25) is 0 Å². The topological polar surface area (TPSA) is 55.1 Å². The molecule has 0 unspecified atom stereocenters. The van der Waals surface area contributed by atoms with E-state index in [1.165, 1.54) is 5.56 Å². The maximum absolute atomic E-state index is 11.4. The molecule has 128 valence electrons. The van der Waals surface area contributed by atoms with Gasteiger partial charge < -0.3 is 9.67 Å². The van der Waals surface area contributed by atoms with Crippen LogP contribution in [0.5, 0.6) is 0 Å². The third-order valence-electron chi connectivity index (χ3n) is 4.46. The molecule has 0 amide bonds. The number of aromatic nitrogens is 2. The van der Waals surface area contributed by atoms with Gasteiger partial charge in [-0.2, -0.15) is 0 Å². The minimum absolute atomic E-state index is 0.276. The first-order valence-electron chi connectivity index (χ1n) is 8.51. The van der Waals surface area contributed by atoms with Gasteiger partial charge in [-0.3, -0.25) is 0 Å². The highest BCUT2D eigenvalue weighted by Crippen LogP contribution is 2.22. The Labute approximate surface area is 151 Å². The fraction of sp³-hybridized carbons (Fsp3) is 0.0909. The highest BCUT2D eigenvalue weighted by Gasteiger charge is 2.14. The third kappa shape index (κ3) is 3.22. The summed E-state index contributed by atoms with van der Waals surface area (Å²) in [5.74, 6) is 0.00145. The molecule has 1 N–H and O–H groups in total. The minimum Gasteiger partial charge on any atom is -0.478 e. The summed E-state index contributed by atoms with van der Waals surface area (Å²) in [6, 6.07) is 25.4. The lowest BCUT2D eigenvalue weighted by Crippen LogP contribution is -2.06. The van der Waals surface area contributed by atoms with Crippen LogP contribution >= 0.6 is 0 Å². The van der Waals surface area contributed by atoms with Crippen molar-refractivity contribution in [2.45, 2.75) is 13.0 Å². The number of fused-ring (bicyclic) bond motifs is 1. The summed E-state index contributed by atoms with van der Waals surface area (Å²) in [6.45, 7) is 0.655. The van der Waals surface area contributed by atoms with E-state index in [9.17, 15) is 9.90 Å². The first kappa shape index (κ1) is 16.1. The summed E-state index contributed by atoms with van der Waals surface area (Å²) in [5, 5.41) is 9.34. The van der Waals surface area contributed by atoms with E-state index in [4.69, 9.17) is 4.98 Å². The molecule has 26 heavy (non-hydrogen) atoms. The first-order valence-corrected chi connectivity index (χ1v) is 8.51. The third-order valence-corrected chi connectivity index (χ3v) is 4.46. The molecule has 0 saturated carbocycles. The van der Waals surface area contributed by atoms with E-state index in [-0.39, 0.29) is 5.56 Å². The molecule has 0 atom stereocenters. The second kappa shape index (κ2) is 6.84. The van der Waals surface area contributed by atoms with Gasteiger partial charge in [0.25, 0.3) is 0 Å². The number of carboxylic acids is 1. The summed E-state index contributed by atoms with van der Waals surface area (Å²) in [7, 11) is 0. The summed E-state index contributed by atoms with van der Waals surface area (Å²) >= 11 is 0. The summed E-state index contributed by atoms with van der Waals surface area (Å²) in [5.41, 5.74) is 4.27. The number of hydrogen-bond donors (Lipinski definition) is 1. The average Bonchev–Trinajstić information content (AvgIpc) is 3.00. The van der Waals surface area contributed by atoms with Gasteiger partial charge in [-0.15, -0.1) is 0 Å². The van der Waals surface area contributed by atoms with Crippen molar-refractivity contribution in [2.24, 2.45) is 0 Å². The van der Waals surface area contributed by atoms with Crippen LogP contribution in [-0.4, -0.2) is 20.6 Å². The molecule has 0 radical (unpaired) electrons. The molecular weight excluding hydrogens is 324 g/mol. The zero-order valence-electron chi connectivity index (χ0n) is 14.2. The number of carboxylic acid groups (broad SMARTS) is 1. The Morgan fingerprint density at radius 2 is 1.54 bits per heavy atom. The highest BCUT2D eigenvalue weighted by atomic mass is 16.4. The van der Waals surface area contributed by atoms with E-state index < -0.39 is 5.97 Å². The fourth-order valence-corrected chi connectivity index (χ4v) is 3.16. The highest BCUT2D eigenvalue weighted by molar-refractivity contribution is 5.92. The zero-order chi connectivity index (χ0) is 17.9. The molecule has 4 nitrogen and oxygen atoms in total. The summed E-state index contributed by atoms with van der Waals surface area (Å²) < 4.78 is 2.12. The molecule has 0 spiro atoms. The van der Waals surface area contributed by atoms with E-state index in [1.807, 2.05) is 36.4 Å². The molecule has 0 aliphatic heterocycles. The van der Waals surface area contributed by atoms with Gasteiger partial charge in [0.05, 0.1) is 16.6 Å². The van der Waals surface area contributed by atoms with Crippen LogP contribution in [0.1, 0.15) is 27.3 Å². The van der Waals surface area contributed by atoms with Crippen LogP contribution in [0, 0.1) is 0 Å². The second-order valence-electron chi connectivity index (χ2n) is 6.27. The zero-order valence-corrected chi connectivity index (χ0v) is 14.2. The van der Waals surface area contributed by atoms with Gasteiger partial charge in [0.1, 0.15) is 5.82 Å². The van der Waals surface area contributed by atoms with Gasteiger partial charge in [-0.05, 0) is 29.3 Å². The van der Waals surface area contributed by atoms with E-state index in [1.54, 1.807) is 18.2 Å². The molecule has 0 aliphatic rings. The molecule has 1 heterocycles. The van der Waals surface area contributed by atoms with Crippen LogP contribution < -0.4 is 0 Å². The lowest BCUT2D eigenvalue weighted by molar-refractivity contribution is 0.0697. The SMILES string of the molecule is O=C(O)c1ccc2nc(Cc3ccccc3)n(Cc3ccccc3)c2c1. The molecule has 3 aromatic carbocycles. The van der Waals surface area contributed by atoms with Crippen molar-refractivity contribution in [3.63, 3.8) is 0 Å². The molecule has 1 aromatic heterocycles. The fourth-order valence-electron chi connectivity index (χ4n) is 3.16. The van der Waals surface area contributed by atoms with Crippen molar-refractivity contribution in [1.29, 1.82) is 0 Å². The Morgan fingerprint density at radius 3 is 2.19 bits per heavy atom. The van der Waals surface area contributed by atoms with Crippen molar-refractivity contribution in [2.75, 3.05) is 0 Å². The predicted molar refractivity (Wildman–Crippen MR) is 101 cm³/mol. The maximum Gasteiger partial charge on any atom is 0.335 e. The number of benzene rings is 3. The van der Waals surface area contributed by atoms with Crippen LogP contribution in [-0.2, 0) is 13.0 Å². The van der Waals surface area contributed by atoms with E-state index in [0.29, 0.717) is 13.0 Å². The van der Waals surface area contributed by atoms with Crippen LogP contribution in [0.15, 0.2) is 78.9 Å². The van der Waals surface area contributed by atoms with Crippen molar-refractivity contribution >= 4 is 17.0 Å². The van der Waals surface area contributed by atoms with E-state index in [2.05, 4.69) is 28.8 Å². The van der Waals surface area contributed by atoms with Crippen LogP contribution in [0.25, 0.3) is 11.0 Å². The number of rotatable bonds is 5. The van der Waals surface area contributed by atoms with Gasteiger partial charge in [-0.1, -0.05) is 60.7 Å². The normalized spacial score (nSPS) is 10.9. The molecule has 0 bridgehead atoms. The Kier molecular flexibility index (Phi) is 4.23. The molecular formula is C22H18N2O2. The lowest BCUT2D eigenvalue weighted by atomic mass is 10.1. The second-order valence-corrected chi connectivity index (χ2v) is 6.27. The van der Waals surface area contributed by atoms with Crippen molar-refractivity contribution in [3.05, 3.63) is 101 Å². The smallest absolute Gasteiger partial charge is 0.335 e. The number of hydrogen-bond acceptors (Lipinski definition) is 2. The average molecular weight is 342 g/mol. The van der Waals surface area contributed by atoms with E-state index >= 15 is 0 Å². The standard InChI is InChI=1S/C22H18N2O2/c25-22(26)18-11-12-19-20(14-18)24(15-17-9-5-2-6-10-17)21(23-19)13-16-7-3-1-4-8-16/h1-12,14H,13,15H2,(H,25,26). The largest absolute Gasteiger partial charge is 0.478 e. The Balaban J connectivity index is 1.83. The molecule has 0 fully saturated rings. The summed E-state index contributed by atoms with van der Waals surface area (Å²) in [4.78, 5) is 16.2. The Bertz CT molecular complexity index is 1050. The van der Waals surface area contributed by atoms with Gasteiger partial charge in [-0.25, -0.2) is 9.78 Å². The van der Waals surface area contributed by atoms with E-state index in [0.717, 1.165) is 22.4 Å². The number of carbonyl (C=O) groups is 1. The Morgan fingerprint density at radius 1 is 0.885 bits per heavy atom. The maximum atomic E-state index is 11.4. The van der Waals surface area contributed by atoms with Crippen LogP contribution in [0.3, 0.4) is 0 Å². The minimum atomic E-state index is -0.927. The molecule has 4 heteroatoms.